The second-order valence-electron chi connectivity index (χ2n) is 36.6. The lowest BCUT2D eigenvalue weighted by atomic mass is 9.29. The Morgan fingerprint density at radius 2 is 0.538 bits per heavy atom. The van der Waals surface area contributed by atoms with Crippen molar-refractivity contribution in [3.63, 3.8) is 0 Å². The number of halogens is 8. The van der Waals surface area contributed by atoms with Gasteiger partial charge >= 0.3 is 0 Å². The molecule has 12 aliphatic rings. The number of rotatable bonds is 8. The van der Waals surface area contributed by atoms with E-state index >= 15 is 35.1 Å². The summed E-state index contributed by atoms with van der Waals surface area (Å²) in [4.78, 5) is 9.07. The van der Waals surface area contributed by atoms with Crippen LogP contribution in [0.1, 0.15) is 169 Å². The number of hydrogen-bond donors (Lipinski definition) is 0. The molecule has 0 amide bonds. The second kappa shape index (κ2) is 27.8. The zero-order chi connectivity index (χ0) is 79.5. The SMILES string of the molecule is Fc1cccc(F)c1N1c2cc3c(cc2B2c4ccccc4Oc4cc(C5CC6CCCCCC6C5)cc1c42)B1c2cc4c(cc2N(c2c(F)cccc2F)c2cc(C5CC6CCCCCC6C5)cc(c21)N3c1c(F)cccc1F)N(c1c(F)cccc1F)c1cc(C2CC3CCCCCC3C2)cc2c1B4c1ccccc1N2c1ccccc1. The standard InChI is InChI=1S/C102H86B3F8N5O/c106-76-31-17-32-77(107)99(76)115-85-55-87-74(53-72(85)103-70-29-13-15-39-84(70)114(69-27-11-4-12-28-69)89-47-66(48-90(115)96(89)103)63-41-57-21-5-1-6-22-58(57)42-63)105-75-54-73-86(118(102-82(112)37-20-38-83(102)113)93-51-68(65-45-61-25-9-3-10-26-62(61)46-65)52-95-98(93)104(73)71-30-14-16-40-94(71)119-95)56-88(75)117(101-80(110)35-19-36-81(101)111)92-50-67(64-43-59-23-7-2-8-24-60(59)44-64)49-91(97(92)105)116(87)100-78(108)33-18-34-79(100)109/h4,11-20,27-40,47-65H,1-3,5-10,21-26,41-46H2. The molecule has 119 heavy (non-hydrogen) atoms. The highest BCUT2D eigenvalue weighted by molar-refractivity contribution is 7.04. The summed E-state index contributed by atoms with van der Waals surface area (Å²) in [5, 5.41) is 0. The van der Waals surface area contributed by atoms with Gasteiger partial charge in [-0.05, 0) is 279 Å². The Labute approximate surface area is 690 Å². The summed E-state index contributed by atoms with van der Waals surface area (Å²) in [6.45, 7) is -2.34. The van der Waals surface area contributed by atoms with Crippen LogP contribution in [0.25, 0.3) is 0 Å². The molecule has 6 aliphatic heterocycles. The highest BCUT2D eigenvalue weighted by atomic mass is 19.2. The van der Waals surface area contributed by atoms with Crippen molar-refractivity contribution >= 4 is 155 Å². The zero-order valence-electron chi connectivity index (χ0n) is 66.2. The van der Waals surface area contributed by atoms with Gasteiger partial charge in [0.25, 0.3) is 20.1 Å². The van der Waals surface area contributed by atoms with Crippen molar-refractivity contribution in [3.8, 4) is 11.5 Å². The van der Waals surface area contributed by atoms with Gasteiger partial charge < -0.3 is 29.2 Å². The number of anilines is 15. The predicted octanol–water partition coefficient (Wildman–Crippen LogP) is 22.6. The van der Waals surface area contributed by atoms with E-state index in [4.69, 9.17) is 4.74 Å². The molecule has 6 unspecified atom stereocenters. The Morgan fingerprint density at radius 3 is 0.916 bits per heavy atom. The van der Waals surface area contributed by atoms with Gasteiger partial charge in [-0.2, -0.15) is 0 Å². The van der Waals surface area contributed by atoms with E-state index in [-0.39, 0.29) is 29.1 Å². The van der Waals surface area contributed by atoms with E-state index in [1.807, 2.05) is 66.7 Å². The fourth-order valence-corrected chi connectivity index (χ4v) is 25.6. The number of ether oxygens (including phenoxy) is 1. The maximum Gasteiger partial charge on any atom is 0.256 e. The molecule has 6 nitrogen and oxygen atoms in total. The van der Waals surface area contributed by atoms with Gasteiger partial charge in [0.2, 0.25) is 0 Å². The summed E-state index contributed by atoms with van der Waals surface area (Å²) in [5.74, 6) is -2.63. The van der Waals surface area contributed by atoms with E-state index in [1.54, 1.807) is 19.6 Å². The average Bonchev–Trinajstić information content (AvgIpc) is 1.27. The molecule has 0 bridgehead atoms. The second-order valence-corrected chi connectivity index (χ2v) is 36.6. The Hall–Kier alpha value is -10.9. The number of para-hydroxylation sites is 7. The third-order valence-corrected chi connectivity index (χ3v) is 30.6. The van der Waals surface area contributed by atoms with Crippen LogP contribution < -0.4 is 78.4 Å². The molecule has 6 fully saturated rings. The molecule has 12 aromatic carbocycles. The number of benzene rings is 12. The molecule has 0 aromatic heterocycles. The third kappa shape index (κ3) is 11.1. The van der Waals surface area contributed by atoms with Crippen molar-refractivity contribution < 1.29 is 39.9 Å². The Balaban J connectivity index is 0.825. The fraction of sp³-hybridized carbons (Fsp3) is 0.294. The number of nitrogens with zero attached hydrogens (tertiary/aromatic N) is 5. The average molecular weight is 1580 g/mol. The van der Waals surface area contributed by atoms with Crippen molar-refractivity contribution in [3.05, 3.63) is 276 Å². The normalized spacial score (nSPS) is 23.1. The van der Waals surface area contributed by atoms with Crippen molar-refractivity contribution in [1.29, 1.82) is 0 Å². The zero-order valence-corrected chi connectivity index (χ0v) is 66.2. The molecule has 6 atom stereocenters. The van der Waals surface area contributed by atoms with Crippen molar-refractivity contribution in [1.82, 2.24) is 0 Å². The first kappa shape index (κ1) is 72.1. The minimum Gasteiger partial charge on any atom is -0.458 e. The molecule has 590 valence electrons. The van der Waals surface area contributed by atoms with Crippen LogP contribution in [0.3, 0.4) is 0 Å². The summed E-state index contributed by atoms with van der Waals surface area (Å²) in [7, 11) is 0. The van der Waals surface area contributed by atoms with Gasteiger partial charge in [0, 0.05) is 62.6 Å². The molecule has 0 saturated heterocycles. The molecule has 17 heteroatoms. The van der Waals surface area contributed by atoms with Crippen molar-refractivity contribution in [2.75, 3.05) is 24.5 Å². The van der Waals surface area contributed by atoms with Crippen LogP contribution in [0, 0.1) is 82.0 Å². The topological polar surface area (TPSA) is 25.4 Å². The van der Waals surface area contributed by atoms with Gasteiger partial charge in [-0.15, -0.1) is 0 Å². The van der Waals surface area contributed by atoms with Crippen LogP contribution in [0.2, 0.25) is 0 Å². The molecule has 0 radical (unpaired) electrons. The number of fused-ring (bicyclic) bond motifs is 15. The lowest BCUT2D eigenvalue weighted by Gasteiger charge is -2.48. The van der Waals surface area contributed by atoms with Gasteiger partial charge in [0.05, 0.1) is 0 Å². The van der Waals surface area contributed by atoms with E-state index in [1.165, 1.54) is 111 Å². The van der Waals surface area contributed by atoms with Crippen LogP contribution in [-0.2, 0) is 0 Å². The number of hydrogen-bond acceptors (Lipinski definition) is 6. The summed E-state index contributed by atoms with van der Waals surface area (Å²) >= 11 is 0. The summed E-state index contributed by atoms with van der Waals surface area (Å²) in [6.07, 6.45) is 22.7. The fourth-order valence-electron chi connectivity index (χ4n) is 25.6. The third-order valence-electron chi connectivity index (χ3n) is 30.6. The molecule has 6 heterocycles. The summed E-state index contributed by atoms with van der Waals surface area (Å²) < 4.78 is 154. The summed E-state index contributed by atoms with van der Waals surface area (Å²) in [6, 6.07) is 63.1. The predicted molar refractivity (Wildman–Crippen MR) is 466 cm³/mol. The van der Waals surface area contributed by atoms with Crippen LogP contribution in [0.5, 0.6) is 11.5 Å². The van der Waals surface area contributed by atoms with E-state index in [0.29, 0.717) is 125 Å². The Bertz CT molecular complexity index is 6100. The molecule has 0 N–H and O–H groups in total. The monoisotopic (exact) mass is 1580 g/mol. The van der Waals surface area contributed by atoms with Gasteiger partial charge in [-0.25, -0.2) is 35.1 Å². The first-order valence-electron chi connectivity index (χ1n) is 43.9. The highest BCUT2D eigenvalue weighted by Crippen LogP contribution is 2.59. The maximum absolute atomic E-state index is 18.5. The first-order chi connectivity index (χ1) is 58.3. The Kier molecular flexibility index (Phi) is 16.9. The van der Waals surface area contributed by atoms with Gasteiger partial charge in [0.15, 0.2) is 0 Å². The largest absolute Gasteiger partial charge is 0.458 e. The molecule has 12 aromatic rings. The van der Waals surface area contributed by atoms with Crippen LogP contribution >= 0.6 is 0 Å². The van der Waals surface area contributed by atoms with E-state index < -0.39 is 78.1 Å². The van der Waals surface area contributed by atoms with Crippen LogP contribution in [0.4, 0.5) is 120 Å². The molecule has 24 rings (SSSR count). The van der Waals surface area contributed by atoms with Crippen LogP contribution in [0.15, 0.2) is 212 Å². The smallest absolute Gasteiger partial charge is 0.256 e. The van der Waals surface area contributed by atoms with Crippen molar-refractivity contribution in [2.24, 2.45) is 35.5 Å². The maximum atomic E-state index is 18.5. The van der Waals surface area contributed by atoms with E-state index in [0.717, 1.165) is 146 Å². The first-order valence-corrected chi connectivity index (χ1v) is 43.9. The highest BCUT2D eigenvalue weighted by Gasteiger charge is 2.54. The van der Waals surface area contributed by atoms with Crippen molar-refractivity contribution in [2.45, 2.75) is 153 Å². The minimum absolute atomic E-state index is 0.117. The van der Waals surface area contributed by atoms with Gasteiger partial charge in [0.1, 0.15) is 80.8 Å². The lowest BCUT2D eigenvalue weighted by molar-refractivity contribution is 0.367. The lowest BCUT2D eigenvalue weighted by Crippen LogP contribution is -2.66. The molecule has 0 spiro atoms. The minimum atomic E-state index is -0.995. The molecule has 6 aliphatic carbocycles. The molecular formula is C102H86B3F8N5O. The quantitative estimate of drug-likeness (QED) is 0.111. The Morgan fingerprint density at radius 1 is 0.235 bits per heavy atom. The van der Waals surface area contributed by atoms with E-state index in [2.05, 4.69) is 77.7 Å². The molecule has 6 saturated carbocycles. The van der Waals surface area contributed by atoms with Gasteiger partial charge in [-0.3, -0.25) is 0 Å². The van der Waals surface area contributed by atoms with Crippen LogP contribution in [-0.4, -0.2) is 20.1 Å². The summed E-state index contributed by atoms with van der Waals surface area (Å²) in [5.41, 5.74) is 13.3. The molecular weight excluding hydrogens is 1500 g/mol. The van der Waals surface area contributed by atoms with E-state index in [9.17, 15) is 0 Å². The van der Waals surface area contributed by atoms with Gasteiger partial charge in [-0.1, -0.05) is 187 Å².